The topological polar surface area (TPSA) is 55.8 Å². The van der Waals surface area contributed by atoms with E-state index < -0.39 is 5.97 Å². The molecule has 248 valence electrons. The number of esters is 1. The molecule has 1 atom stereocenters. The Balaban J connectivity index is 1.33. The average molecular weight is 617 g/mol. The first-order chi connectivity index (χ1) is 21.9. The first-order valence-electron chi connectivity index (χ1n) is 18.0. The molecule has 4 nitrogen and oxygen atoms in total. The molecule has 2 aliphatic rings. The summed E-state index contributed by atoms with van der Waals surface area (Å²) >= 11 is 0. The fraction of sp³-hybridized carbons (Fsp3) is 0.634. The van der Waals surface area contributed by atoms with Crippen LogP contribution in [0.25, 0.3) is 11.1 Å². The van der Waals surface area contributed by atoms with Crippen LogP contribution in [-0.2, 0) is 27.1 Å². The van der Waals surface area contributed by atoms with Gasteiger partial charge in [-0.25, -0.2) is 4.79 Å². The largest absolute Gasteiger partial charge is 0.462 e. The van der Waals surface area contributed by atoms with Gasteiger partial charge in [0.1, 0.15) is 0 Å². The van der Waals surface area contributed by atoms with Gasteiger partial charge in [0.2, 0.25) is 0 Å². The third-order valence-corrected chi connectivity index (χ3v) is 11.0. The van der Waals surface area contributed by atoms with E-state index in [1.807, 2.05) is 0 Å². The van der Waals surface area contributed by atoms with Crippen molar-refractivity contribution >= 4 is 5.97 Å². The molecule has 0 heterocycles. The molecule has 2 aliphatic carbocycles. The Bertz CT molecular complexity index is 1220. The third-order valence-electron chi connectivity index (χ3n) is 11.0. The minimum Gasteiger partial charge on any atom is -0.462 e. The second-order valence-electron chi connectivity index (χ2n) is 14.2. The molecule has 45 heavy (non-hydrogen) atoms. The Hall–Kier alpha value is -2.43. The van der Waals surface area contributed by atoms with Crippen molar-refractivity contribution in [3.63, 3.8) is 0 Å². The molecule has 4 rings (SSSR count). The quantitative estimate of drug-likeness (QED) is 0.116. The van der Waals surface area contributed by atoms with Gasteiger partial charge in [0.25, 0.3) is 0 Å². The maximum atomic E-state index is 11.8. The number of aliphatic hydroxyl groups is 1. The number of benzene rings is 2. The minimum absolute atomic E-state index is 0.0952. The predicted octanol–water partition coefficient (Wildman–Crippen LogP) is 9.78. The molecule has 2 fully saturated rings. The van der Waals surface area contributed by atoms with E-state index in [9.17, 15) is 4.79 Å². The summed E-state index contributed by atoms with van der Waals surface area (Å²) < 4.78 is 10.8. The molecule has 2 saturated carbocycles. The van der Waals surface area contributed by atoms with Crippen molar-refractivity contribution in [1.29, 1.82) is 0 Å². The summed E-state index contributed by atoms with van der Waals surface area (Å²) in [4.78, 5) is 11.8. The van der Waals surface area contributed by atoms with Crippen LogP contribution in [0.3, 0.4) is 0 Å². The highest BCUT2D eigenvalue weighted by molar-refractivity contribution is 5.87. The van der Waals surface area contributed by atoms with E-state index in [2.05, 4.69) is 63.7 Å². The van der Waals surface area contributed by atoms with E-state index in [1.165, 1.54) is 92.0 Å². The molecule has 2 aromatic carbocycles. The second kappa shape index (κ2) is 18.0. The smallest absolute Gasteiger partial charge is 0.335 e. The molecule has 0 bridgehead atoms. The van der Waals surface area contributed by atoms with Gasteiger partial charge in [-0.1, -0.05) is 82.5 Å². The van der Waals surface area contributed by atoms with E-state index in [0.29, 0.717) is 19.1 Å². The van der Waals surface area contributed by atoms with E-state index in [1.54, 1.807) is 12.7 Å². The number of rotatable bonds is 16. The monoisotopic (exact) mass is 616 g/mol. The fourth-order valence-electron chi connectivity index (χ4n) is 8.42. The predicted molar refractivity (Wildman–Crippen MR) is 187 cm³/mol. The van der Waals surface area contributed by atoms with Crippen molar-refractivity contribution in [3.8, 4) is 11.1 Å². The highest BCUT2D eigenvalue weighted by Crippen LogP contribution is 2.45. The van der Waals surface area contributed by atoms with Gasteiger partial charge < -0.3 is 14.6 Å². The van der Waals surface area contributed by atoms with Crippen molar-refractivity contribution in [2.45, 2.75) is 117 Å². The van der Waals surface area contributed by atoms with E-state index in [4.69, 9.17) is 14.6 Å². The van der Waals surface area contributed by atoms with Gasteiger partial charge in [-0.3, -0.25) is 0 Å². The van der Waals surface area contributed by atoms with Gasteiger partial charge in [0.05, 0.1) is 18.8 Å². The summed E-state index contributed by atoms with van der Waals surface area (Å²) in [5.41, 5.74) is 8.51. The maximum absolute atomic E-state index is 11.8. The van der Waals surface area contributed by atoms with E-state index in [0.717, 1.165) is 49.4 Å². The van der Waals surface area contributed by atoms with Crippen molar-refractivity contribution in [3.05, 3.63) is 70.8 Å². The molecular weight excluding hydrogens is 556 g/mol. The second-order valence-corrected chi connectivity index (χ2v) is 14.2. The number of aliphatic hydroxyl groups excluding tert-OH is 1. The van der Waals surface area contributed by atoms with Crippen LogP contribution >= 0.6 is 0 Å². The first kappa shape index (κ1) is 35.4. The van der Waals surface area contributed by atoms with Crippen LogP contribution in [-0.4, -0.2) is 38.0 Å². The molecular formula is C41H60O4. The summed E-state index contributed by atoms with van der Waals surface area (Å²) in [5, 5.41) is 9.04. The van der Waals surface area contributed by atoms with Gasteiger partial charge in [-0.2, -0.15) is 0 Å². The lowest BCUT2D eigenvalue weighted by Crippen LogP contribution is -2.25. The number of hydrogen-bond donors (Lipinski definition) is 1. The lowest BCUT2D eigenvalue weighted by atomic mass is 9.67. The van der Waals surface area contributed by atoms with Crippen LogP contribution < -0.4 is 0 Å². The average Bonchev–Trinajstić information content (AvgIpc) is 3.06. The van der Waals surface area contributed by atoms with Crippen LogP contribution in [0.15, 0.2) is 48.6 Å². The summed E-state index contributed by atoms with van der Waals surface area (Å²) in [5.74, 6) is 3.51. The molecule has 0 aliphatic heterocycles. The SMILES string of the molecule is C=C(CO)C(=O)OCCCC(COC)Cc1ccc(-c2ccc(C3CCC(C4CCC(CCC)CC4)CC3)c(C)c2)c(CC)c1. The van der Waals surface area contributed by atoms with Crippen molar-refractivity contribution in [2.24, 2.45) is 23.7 Å². The lowest BCUT2D eigenvalue weighted by molar-refractivity contribution is -0.139. The third kappa shape index (κ3) is 10.0. The Kier molecular flexibility index (Phi) is 14.2. The van der Waals surface area contributed by atoms with Crippen LogP contribution in [0.5, 0.6) is 0 Å². The maximum Gasteiger partial charge on any atom is 0.335 e. The Morgan fingerprint density at radius 2 is 1.69 bits per heavy atom. The van der Waals surface area contributed by atoms with Gasteiger partial charge >= 0.3 is 5.97 Å². The number of aryl methyl sites for hydroxylation is 2. The normalized spacial score (nSPS) is 22.6. The fourth-order valence-corrected chi connectivity index (χ4v) is 8.42. The van der Waals surface area contributed by atoms with Gasteiger partial charge in [0.15, 0.2) is 0 Å². The molecule has 0 saturated heterocycles. The molecule has 4 heteroatoms. The van der Waals surface area contributed by atoms with Crippen LogP contribution in [0, 0.1) is 30.6 Å². The molecule has 0 aromatic heterocycles. The Labute approximate surface area is 274 Å². The van der Waals surface area contributed by atoms with E-state index in [-0.39, 0.29) is 12.2 Å². The Morgan fingerprint density at radius 1 is 0.978 bits per heavy atom. The minimum atomic E-state index is -0.519. The van der Waals surface area contributed by atoms with Crippen LogP contribution in [0.2, 0.25) is 0 Å². The highest BCUT2D eigenvalue weighted by atomic mass is 16.5. The zero-order chi connectivity index (χ0) is 32.2. The molecule has 1 unspecified atom stereocenters. The van der Waals surface area contributed by atoms with Crippen LogP contribution in [0.4, 0.5) is 0 Å². The molecule has 0 amide bonds. The summed E-state index contributed by atoms with van der Waals surface area (Å²) in [6, 6.07) is 14.2. The summed E-state index contributed by atoms with van der Waals surface area (Å²) in [7, 11) is 1.75. The molecule has 1 N–H and O–H groups in total. The number of methoxy groups -OCH3 is 1. The lowest BCUT2D eigenvalue weighted by Gasteiger charge is -2.38. The summed E-state index contributed by atoms with van der Waals surface area (Å²) in [6.07, 6.45) is 17.9. The molecule has 0 radical (unpaired) electrons. The van der Waals surface area contributed by atoms with Gasteiger partial charge in [-0.15, -0.1) is 0 Å². The van der Waals surface area contributed by atoms with E-state index >= 15 is 0 Å². The number of ether oxygens (including phenoxy) is 2. The number of carbonyl (C=O) groups excluding carboxylic acids is 1. The van der Waals surface area contributed by atoms with Crippen molar-refractivity contribution in [1.82, 2.24) is 0 Å². The molecule has 0 spiro atoms. The standard InChI is InChI=1S/C41H60O4/c1-6-9-31-11-14-35(15-12-31)36-16-18-37(19-17-36)39-22-20-38(24-29(39)3)40-21-13-32(26-34(40)7-2)25-33(28-44-5)10-8-23-45-41(43)30(4)27-42/h13,20-22,24,26,31,33,35-37,42H,4,6-12,14-19,23,25,27-28H2,1-3,5H3. The highest BCUT2D eigenvalue weighted by Gasteiger charge is 2.31. The first-order valence-corrected chi connectivity index (χ1v) is 18.0. The zero-order valence-electron chi connectivity index (χ0n) is 28.8. The zero-order valence-corrected chi connectivity index (χ0v) is 28.8. The summed E-state index contributed by atoms with van der Waals surface area (Å²) in [6.45, 7) is 11.1. The van der Waals surface area contributed by atoms with Crippen molar-refractivity contribution in [2.75, 3.05) is 26.9 Å². The molecule has 2 aromatic rings. The van der Waals surface area contributed by atoms with Crippen LogP contribution in [0.1, 0.15) is 119 Å². The van der Waals surface area contributed by atoms with Gasteiger partial charge in [0, 0.05) is 13.7 Å². The number of hydrogen-bond acceptors (Lipinski definition) is 4. The Morgan fingerprint density at radius 3 is 2.31 bits per heavy atom. The van der Waals surface area contributed by atoms with Gasteiger partial charge in [-0.05, 0) is 134 Å². The number of carbonyl (C=O) groups is 1. The van der Waals surface area contributed by atoms with Crippen molar-refractivity contribution < 1.29 is 19.4 Å².